The van der Waals surface area contributed by atoms with Crippen molar-refractivity contribution in [2.45, 2.75) is 0 Å². The standard InChI is InChI=1S/C16H17N7/c1-4-18-15(21-13-6-5-7-17-9-13)16-19-10-14(23(16)3)12-8-20-22(2)11-12/h4-11H,1H2,2-3H3,(H,18,21). The lowest BCUT2D eigenvalue weighted by molar-refractivity contribution is 0.768. The van der Waals surface area contributed by atoms with Crippen LogP contribution in [0.1, 0.15) is 5.82 Å². The van der Waals surface area contributed by atoms with Crippen LogP contribution in [0.15, 0.2) is 60.9 Å². The maximum Gasteiger partial charge on any atom is 0.176 e. The fourth-order valence-electron chi connectivity index (χ4n) is 2.26. The first kappa shape index (κ1) is 14.7. The second kappa shape index (κ2) is 6.27. The van der Waals surface area contributed by atoms with Crippen LogP contribution in [0.4, 0.5) is 5.69 Å². The Kier molecular flexibility index (Phi) is 4.01. The van der Waals surface area contributed by atoms with Gasteiger partial charge in [0, 0.05) is 38.3 Å². The molecule has 7 heteroatoms. The maximum atomic E-state index is 4.48. The number of aryl methyl sites for hydroxylation is 1. The highest BCUT2D eigenvalue weighted by molar-refractivity contribution is 6.06. The fourth-order valence-corrected chi connectivity index (χ4v) is 2.26. The molecule has 0 aliphatic rings. The van der Waals surface area contributed by atoms with Crippen LogP contribution >= 0.6 is 0 Å². The minimum atomic E-state index is 0.602. The molecule has 0 aliphatic carbocycles. The molecule has 116 valence electrons. The minimum Gasteiger partial charge on any atom is -0.336 e. The molecule has 23 heavy (non-hydrogen) atoms. The van der Waals surface area contributed by atoms with Gasteiger partial charge in [0.05, 0.1) is 30.0 Å². The van der Waals surface area contributed by atoms with Crippen LogP contribution in [0.25, 0.3) is 11.3 Å². The highest BCUT2D eigenvalue weighted by Gasteiger charge is 2.15. The van der Waals surface area contributed by atoms with Gasteiger partial charge in [-0.25, -0.2) is 9.98 Å². The van der Waals surface area contributed by atoms with Crippen molar-refractivity contribution in [1.29, 1.82) is 0 Å². The lowest BCUT2D eigenvalue weighted by Gasteiger charge is -2.10. The molecule has 0 saturated heterocycles. The Bertz CT molecular complexity index is 842. The summed E-state index contributed by atoms with van der Waals surface area (Å²) < 4.78 is 3.72. The largest absolute Gasteiger partial charge is 0.336 e. The molecule has 0 spiro atoms. The zero-order chi connectivity index (χ0) is 16.2. The molecule has 0 amide bonds. The Morgan fingerprint density at radius 1 is 1.30 bits per heavy atom. The molecule has 0 aliphatic heterocycles. The fraction of sp³-hybridized carbons (Fsp3) is 0.125. The van der Waals surface area contributed by atoms with E-state index in [1.54, 1.807) is 29.5 Å². The lowest BCUT2D eigenvalue weighted by Crippen LogP contribution is -2.18. The van der Waals surface area contributed by atoms with Gasteiger partial charge in [0.2, 0.25) is 0 Å². The number of pyridine rings is 1. The van der Waals surface area contributed by atoms with Crippen LogP contribution in [-0.4, -0.2) is 30.2 Å². The van der Waals surface area contributed by atoms with Gasteiger partial charge in [0.1, 0.15) is 0 Å². The number of rotatable bonds is 4. The van der Waals surface area contributed by atoms with E-state index in [-0.39, 0.29) is 0 Å². The molecule has 3 aromatic rings. The Morgan fingerprint density at radius 3 is 2.83 bits per heavy atom. The highest BCUT2D eigenvalue weighted by Crippen LogP contribution is 2.19. The Morgan fingerprint density at radius 2 is 2.17 bits per heavy atom. The normalized spacial score (nSPS) is 11.5. The van der Waals surface area contributed by atoms with Crippen molar-refractivity contribution < 1.29 is 0 Å². The summed E-state index contributed by atoms with van der Waals surface area (Å²) in [6.45, 7) is 3.67. The molecule has 0 atom stereocenters. The number of amidine groups is 1. The van der Waals surface area contributed by atoms with Crippen molar-refractivity contribution in [1.82, 2.24) is 24.3 Å². The number of imidazole rings is 1. The molecule has 1 N–H and O–H groups in total. The van der Waals surface area contributed by atoms with Gasteiger partial charge in [-0.15, -0.1) is 0 Å². The Hall–Kier alpha value is -3.22. The van der Waals surface area contributed by atoms with E-state index in [1.165, 1.54) is 6.20 Å². The minimum absolute atomic E-state index is 0.602. The van der Waals surface area contributed by atoms with Gasteiger partial charge < -0.3 is 9.88 Å². The predicted molar refractivity (Wildman–Crippen MR) is 90.0 cm³/mol. The first-order chi connectivity index (χ1) is 11.2. The van der Waals surface area contributed by atoms with Crippen molar-refractivity contribution in [3.8, 4) is 11.3 Å². The zero-order valence-electron chi connectivity index (χ0n) is 13.0. The molecule has 3 rings (SSSR count). The van der Waals surface area contributed by atoms with Gasteiger partial charge in [0.25, 0.3) is 0 Å². The maximum absolute atomic E-state index is 4.48. The summed E-state index contributed by atoms with van der Waals surface area (Å²) in [5, 5.41) is 7.42. The summed E-state index contributed by atoms with van der Waals surface area (Å²) in [5.41, 5.74) is 2.78. The van der Waals surface area contributed by atoms with E-state index in [0.29, 0.717) is 11.7 Å². The topological polar surface area (TPSA) is 72.9 Å². The zero-order valence-corrected chi connectivity index (χ0v) is 13.0. The van der Waals surface area contributed by atoms with Crippen molar-refractivity contribution in [3.05, 3.63) is 61.7 Å². The number of anilines is 1. The van der Waals surface area contributed by atoms with Gasteiger partial charge in [-0.2, -0.15) is 5.10 Å². The van der Waals surface area contributed by atoms with E-state index in [0.717, 1.165) is 16.9 Å². The number of aliphatic imine (C=N–C) groups is 1. The van der Waals surface area contributed by atoms with Crippen LogP contribution in [0.3, 0.4) is 0 Å². The van der Waals surface area contributed by atoms with Crippen LogP contribution in [-0.2, 0) is 14.1 Å². The molecular weight excluding hydrogens is 290 g/mol. The molecule has 0 fully saturated rings. The third kappa shape index (κ3) is 3.03. The van der Waals surface area contributed by atoms with Crippen molar-refractivity contribution >= 4 is 11.5 Å². The van der Waals surface area contributed by atoms with Crippen molar-refractivity contribution in [2.24, 2.45) is 19.1 Å². The van der Waals surface area contributed by atoms with E-state index in [1.807, 2.05) is 37.0 Å². The Labute approximate surface area is 134 Å². The molecule has 0 saturated carbocycles. The smallest absolute Gasteiger partial charge is 0.176 e. The summed E-state index contributed by atoms with van der Waals surface area (Å²) in [7, 11) is 3.82. The van der Waals surface area contributed by atoms with Crippen LogP contribution in [0, 0.1) is 0 Å². The number of nitrogens with zero attached hydrogens (tertiary/aromatic N) is 6. The third-order valence-electron chi connectivity index (χ3n) is 3.35. The van der Waals surface area contributed by atoms with Gasteiger partial charge in [-0.3, -0.25) is 9.67 Å². The summed E-state index contributed by atoms with van der Waals surface area (Å²) in [6.07, 6.45) is 10.5. The summed E-state index contributed by atoms with van der Waals surface area (Å²) in [6, 6.07) is 3.77. The van der Waals surface area contributed by atoms with E-state index >= 15 is 0 Å². The SMILES string of the molecule is C=CN=C(Nc1cccnc1)c1ncc(-c2cnn(C)c2)n1C. The second-order valence-electron chi connectivity index (χ2n) is 4.96. The molecular formula is C16H17N7. The van der Waals surface area contributed by atoms with Crippen molar-refractivity contribution in [3.63, 3.8) is 0 Å². The average Bonchev–Trinajstić information content (AvgIpc) is 3.14. The third-order valence-corrected chi connectivity index (χ3v) is 3.35. The summed E-state index contributed by atoms with van der Waals surface area (Å²) >= 11 is 0. The van der Waals surface area contributed by atoms with Gasteiger partial charge in [-0.1, -0.05) is 6.58 Å². The predicted octanol–water partition coefficient (Wildman–Crippen LogP) is 2.22. The highest BCUT2D eigenvalue weighted by atomic mass is 15.2. The monoisotopic (exact) mass is 307 g/mol. The van der Waals surface area contributed by atoms with E-state index in [9.17, 15) is 0 Å². The molecule has 3 aromatic heterocycles. The average molecular weight is 307 g/mol. The summed E-state index contributed by atoms with van der Waals surface area (Å²) in [5.74, 6) is 1.30. The van der Waals surface area contributed by atoms with Gasteiger partial charge in [-0.05, 0) is 12.1 Å². The molecule has 0 bridgehead atoms. The van der Waals surface area contributed by atoms with Crippen LogP contribution < -0.4 is 5.32 Å². The van der Waals surface area contributed by atoms with E-state index in [4.69, 9.17) is 0 Å². The number of hydrogen-bond acceptors (Lipinski definition) is 4. The number of nitrogens with one attached hydrogen (secondary N) is 1. The second-order valence-corrected chi connectivity index (χ2v) is 4.96. The first-order valence-electron chi connectivity index (χ1n) is 7.06. The van der Waals surface area contributed by atoms with Gasteiger partial charge >= 0.3 is 0 Å². The molecule has 0 unspecified atom stereocenters. The van der Waals surface area contributed by atoms with E-state index < -0.39 is 0 Å². The van der Waals surface area contributed by atoms with Crippen LogP contribution in [0.5, 0.6) is 0 Å². The van der Waals surface area contributed by atoms with Gasteiger partial charge in [0.15, 0.2) is 11.7 Å². The number of hydrogen-bond donors (Lipinski definition) is 1. The molecule has 3 heterocycles. The Balaban J connectivity index is 1.97. The first-order valence-corrected chi connectivity index (χ1v) is 7.06. The summed E-state index contributed by atoms with van der Waals surface area (Å²) in [4.78, 5) is 12.9. The van der Waals surface area contributed by atoms with Crippen LogP contribution in [0.2, 0.25) is 0 Å². The lowest BCUT2D eigenvalue weighted by atomic mass is 10.3. The van der Waals surface area contributed by atoms with Crippen molar-refractivity contribution in [2.75, 3.05) is 5.32 Å². The molecule has 0 aromatic carbocycles. The molecule has 0 radical (unpaired) electrons. The quantitative estimate of drug-likeness (QED) is 0.592. The molecule has 7 nitrogen and oxygen atoms in total. The van der Waals surface area contributed by atoms with E-state index in [2.05, 4.69) is 32.0 Å². The number of aromatic nitrogens is 5.